The summed E-state index contributed by atoms with van der Waals surface area (Å²) in [6.45, 7) is 1.77. The average Bonchev–Trinajstić information content (AvgIpc) is 2.86. The highest BCUT2D eigenvalue weighted by Gasteiger charge is 2.31. The minimum atomic E-state index is -3.84. The summed E-state index contributed by atoms with van der Waals surface area (Å²) in [6.07, 6.45) is 0.606. The molecule has 2 amide bonds. The molecule has 2 heterocycles. The van der Waals surface area contributed by atoms with Crippen LogP contribution in [0.25, 0.3) is 0 Å². The lowest BCUT2D eigenvalue weighted by Gasteiger charge is -2.24. The molecule has 154 valence electrons. The maximum Gasteiger partial charge on any atom is 0.262 e. The number of nitrogens with zero attached hydrogens (tertiary/aromatic N) is 3. The van der Waals surface area contributed by atoms with Gasteiger partial charge < -0.3 is 15.0 Å². The number of rotatable bonds is 4. The Labute approximate surface area is 169 Å². The molecule has 3 rings (SSSR count). The van der Waals surface area contributed by atoms with Crippen LogP contribution in [0.2, 0.25) is 5.02 Å². The van der Waals surface area contributed by atoms with Crippen molar-refractivity contribution in [3.05, 3.63) is 17.2 Å². The second-order valence-corrected chi connectivity index (χ2v) is 9.25. The van der Waals surface area contributed by atoms with Crippen LogP contribution in [0.5, 0.6) is 5.75 Å². The number of anilines is 1. The predicted octanol–water partition coefficient (Wildman–Crippen LogP) is 0.456. The monoisotopic (exact) mass is 430 g/mol. The molecule has 1 N–H and O–H groups in total. The Bertz CT molecular complexity index is 890. The van der Waals surface area contributed by atoms with E-state index in [-0.39, 0.29) is 47.2 Å². The van der Waals surface area contributed by atoms with Gasteiger partial charge in [-0.15, -0.1) is 0 Å². The Morgan fingerprint density at radius 3 is 2.71 bits per heavy atom. The number of sulfonamides is 1. The van der Waals surface area contributed by atoms with Gasteiger partial charge in [0, 0.05) is 39.8 Å². The van der Waals surface area contributed by atoms with Crippen molar-refractivity contribution >= 4 is 39.1 Å². The molecule has 11 heteroatoms. The van der Waals surface area contributed by atoms with Crippen LogP contribution >= 0.6 is 11.6 Å². The smallest absolute Gasteiger partial charge is 0.262 e. The molecule has 0 bridgehead atoms. The molecule has 1 aromatic rings. The number of likely N-dealkylation sites (N-methyl/N-ethyl adjacent to an activating group) is 1. The largest absolute Gasteiger partial charge is 0.482 e. The van der Waals surface area contributed by atoms with E-state index in [4.69, 9.17) is 16.3 Å². The Balaban J connectivity index is 1.78. The third-order valence-electron chi connectivity index (χ3n) is 4.69. The number of fused-ring (bicyclic) bond motifs is 1. The van der Waals surface area contributed by atoms with Crippen molar-refractivity contribution in [1.82, 2.24) is 14.1 Å². The molecule has 0 spiro atoms. The lowest BCUT2D eigenvalue weighted by atomic mass is 10.2. The molecule has 1 aromatic carbocycles. The van der Waals surface area contributed by atoms with Gasteiger partial charge in [-0.3, -0.25) is 14.5 Å². The summed E-state index contributed by atoms with van der Waals surface area (Å²) in [6, 6.07) is 2.74. The average molecular weight is 431 g/mol. The van der Waals surface area contributed by atoms with Crippen molar-refractivity contribution in [3.8, 4) is 5.75 Å². The lowest BCUT2D eigenvalue weighted by Crippen LogP contribution is -2.39. The molecule has 0 radical (unpaired) electrons. The van der Waals surface area contributed by atoms with Gasteiger partial charge in [-0.25, -0.2) is 8.42 Å². The van der Waals surface area contributed by atoms with Crippen LogP contribution in [0.1, 0.15) is 6.42 Å². The second-order valence-electron chi connectivity index (χ2n) is 6.94. The molecular weight excluding hydrogens is 408 g/mol. The van der Waals surface area contributed by atoms with Crippen LogP contribution in [-0.2, 0) is 19.6 Å². The fourth-order valence-electron chi connectivity index (χ4n) is 3.10. The van der Waals surface area contributed by atoms with Crippen LogP contribution in [-0.4, -0.2) is 87.8 Å². The van der Waals surface area contributed by atoms with Crippen molar-refractivity contribution in [1.29, 1.82) is 0 Å². The van der Waals surface area contributed by atoms with Crippen molar-refractivity contribution in [3.63, 3.8) is 0 Å². The Morgan fingerprint density at radius 1 is 1.25 bits per heavy atom. The van der Waals surface area contributed by atoms with E-state index in [0.717, 1.165) is 0 Å². The van der Waals surface area contributed by atoms with Crippen LogP contribution in [0, 0.1) is 0 Å². The van der Waals surface area contributed by atoms with Gasteiger partial charge in [0.2, 0.25) is 15.9 Å². The molecule has 1 fully saturated rings. The number of ether oxygens (including phenoxy) is 1. The lowest BCUT2D eigenvalue weighted by molar-refractivity contribution is -0.129. The van der Waals surface area contributed by atoms with Crippen molar-refractivity contribution in [2.45, 2.75) is 11.3 Å². The van der Waals surface area contributed by atoms with Gasteiger partial charge >= 0.3 is 0 Å². The van der Waals surface area contributed by atoms with E-state index in [0.29, 0.717) is 31.7 Å². The number of benzene rings is 1. The summed E-state index contributed by atoms with van der Waals surface area (Å²) in [5.74, 6) is -0.0668. The number of hydrogen-bond donors (Lipinski definition) is 1. The van der Waals surface area contributed by atoms with E-state index in [1.165, 1.54) is 21.3 Å². The molecule has 0 saturated carbocycles. The molecule has 0 aliphatic carbocycles. The van der Waals surface area contributed by atoms with E-state index in [1.807, 2.05) is 4.90 Å². The molecule has 9 nitrogen and oxygen atoms in total. The first kappa shape index (κ1) is 20.8. The highest BCUT2D eigenvalue weighted by molar-refractivity contribution is 7.89. The number of hydrogen-bond acceptors (Lipinski definition) is 6. The fourth-order valence-corrected chi connectivity index (χ4v) is 5.08. The van der Waals surface area contributed by atoms with Crippen LogP contribution in [0.3, 0.4) is 0 Å². The zero-order valence-electron chi connectivity index (χ0n) is 15.8. The number of halogens is 1. The molecule has 1 saturated heterocycles. The molecule has 2 aliphatic heterocycles. The second kappa shape index (κ2) is 8.24. The topological polar surface area (TPSA) is 99.3 Å². The summed E-state index contributed by atoms with van der Waals surface area (Å²) < 4.78 is 33.0. The molecule has 0 unspecified atom stereocenters. The zero-order valence-corrected chi connectivity index (χ0v) is 17.3. The summed E-state index contributed by atoms with van der Waals surface area (Å²) in [4.78, 5) is 26.7. The molecule has 2 aliphatic rings. The first-order valence-corrected chi connectivity index (χ1v) is 10.7. The van der Waals surface area contributed by atoms with Crippen LogP contribution in [0.15, 0.2) is 17.0 Å². The molecule has 28 heavy (non-hydrogen) atoms. The Hall–Kier alpha value is -1.88. The standard InChI is InChI=1S/C17H23ClN4O5S/c1-20(2)17(24)10-21-4-3-5-22(7-6-21)28(25,26)15-9-14-13(8-12(15)18)19-16(23)11-27-14/h8-9H,3-7,10-11H2,1-2H3,(H,19,23). The highest BCUT2D eigenvalue weighted by atomic mass is 35.5. The summed E-state index contributed by atoms with van der Waals surface area (Å²) in [7, 11) is -0.457. The SMILES string of the molecule is CN(C)C(=O)CN1CCCN(S(=O)(=O)c2cc3c(cc2Cl)NC(=O)CO3)CC1. The van der Waals surface area contributed by atoms with Crippen LogP contribution < -0.4 is 10.1 Å². The summed E-state index contributed by atoms with van der Waals surface area (Å²) >= 11 is 6.21. The van der Waals surface area contributed by atoms with E-state index in [2.05, 4.69) is 5.32 Å². The predicted molar refractivity (Wildman–Crippen MR) is 104 cm³/mol. The van der Waals surface area contributed by atoms with Gasteiger partial charge in [0.1, 0.15) is 10.6 Å². The molecule has 0 atom stereocenters. The van der Waals surface area contributed by atoms with Crippen LogP contribution in [0.4, 0.5) is 5.69 Å². The van der Waals surface area contributed by atoms with Crippen molar-refractivity contribution in [2.75, 3.05) is 58.7 Å². The van der Waals surface area contributed by atoms with E-state index >= 15 is 0 Å². The van der Waals surface area contributed by atoms with E-state index < -0.39 is 10.0 Å². The first-order chi connectivity index (χ1) is 13.2. The van der Waals surface area contributed by atoms with Crippen molar-refractivity contribution in [2.24, 2.45) is 0 Å². The minimum absolute atomic E-state index is 0.0202. The summed E-state index contributed by atoms with van der Waals surface area (Å²) in [5.41, 5.74) is 0.351. The van der Waals surface area contributed by atoms with E-state index in [9.17, 15) is 18.0 Å². The third kappa shape index (κ3) is 4.40. The van der Waals surface area contributed by atoms with E-state index in [1.54, 1.807) is 14.1 Å². The quantitative estimate of drug-likeness (QED) is 0.744. The number of nitrogens with one attached hydrogen (secondary N) is 1. The van der Waals surface area contributed by atoms with Gasteiger partial charge in [0.15, 0.2) is 6.61 Å². The van der Waals surface area contributed by atoms with Gasteiger partial charge in [0.05, 0.1) is 17.3 Å². The number of carbonyl (C=O) groups is 2. The number of carbonyl (C=O) groups excluding carboxylic acids is 2. The van der Waals surface area contributed by atoms with Gasteiger partial charge in [-0.1, -0.05) is 11.6 Å². The van der Waals surface area contributed by atoms with Crippen molar-refractivity contribution < 1.29 is 22.7 Å². The number of amides is 2. The Morgan fingerprint density at radius 2 is 2.00 bits per heavy atom. The zero-order chi connectivity index (χ0) is 20.5. The maximum atomic E-state index is 13.2. The van der Waals surface area contributed by atoms with Gasteiger partial charge in [0.25, 0.3) is 5.91 Å². The molecule has 0 aromatic heterocycles. The molecular formula is C17H23ClN4O5S. The minimum Gasteiger partial charge on any atom is -0.482 e. The van der Waals surface area contributed by atoms with Gasteiger partial charge in [-0.2, -0.15) is 4.31 Å². The third-order valence-corrected chi connectivity index (χ3v) is 7.05. The highest BCUT2D eigenvalue weighted by Crippen LogP contribution is 2.36. The fraction of sp³-hybridized carbons (Fsp3) is 0.529. The Kier molecular flexibility index (Phi) is 6.13. The first-order valence-electron chi connectivity index (χ1n) is 8.87. The maximum absolute atomic E-state index is 13.2. The summed E-state index contributed by atoms with van der Waals surface area (Å²) in [5, 5.41) is 2.62. The normalized spacial score (nSPS) is 18.6. The van der Waals surface area contributed by atoms with Gasteiger partial charge in [-0.05, 0) is 19.0 Å².